The zero-order chi connectivity index (χ0) is 25.7. The van der Waals surface area contributed by atoms with Gasteiger partial charge in [0.2, 0.25) is 0 Å². The van der Waals surface area contributed by atoms with E-state index in [-0.39, 0.29) is 35.7 Å². The molecule has 0 saturated carbocycles. The van der Waals surface area contributed by atoms with Gasteiger partial charge in [0.15, 0.2) is 5.82 Å². The van der Waals surface area contributed by atoms with Gasteiger partial charge in [-0.15, -0.1) is 0 Å². The third-order valence-corrected chi connectivity index (χ3v) is 5.59. The highest BCUT2D eigenvalue weighted by Crippen LogP contribution is 2.37. The van der Waals surface area contributed by atoms with E-state index in [1.54, 1.807) is 26.0 Å². The number of benzene rings is 3. The first-order valence-corrected chi connectivity index (χ1v) is 11.5. The van der Waals surface area contributed by atoms with Gasteiger partial charge in [0.25, 0.3) is 5.69 Å². The molecule has 0 aliphatic carbocycles. The number of aryl methyl sites for hydroxylation is 1. The summed E-state index contributed by atoms with van der Waals surface area (Å²) in [7, 11) is 0. The molecular weight excluding hydrogens is 482 g/mol. The quantitative estimate of drug-likeness (QED) is 0.155. The normalized spacial score (nSPS) is 10.6. The van der Waals surface area contributed by atoms with Gasteiger partial charge in [0.1, 0.15) is 17.9 Å². The molecule has 0 unspecified atom stereocenters. The second-order valence-corrected chi connectivity index (χ2v) is 8.23. The molecule has 0 fully saturated rings. The van der Waals surface area contributed by atoms with Crippen molar-refractivity contribution in [1.82, 2.24) is 9.97 Å². The minimum atomic E-state index is -0.625. The minimum absolute atomic E-state index is 0.119. The van der Waals surface area contributed by atoms with Crippen molar-refractivity contribution in [3.05, 3.63) is 105 Å². The molecule has 0 amide bonds. The molecule has 0 saturated heterocycles. The maximum absolute atomic E-state index is 13.0. The number of nitrogens with zero attached hydrogens (tertiary/aromatic N) is 3. The van der Waals surface area contributed by atoms with E-state index in [2.05, 4.69) is 9.97 Å². The number of ether oxygens (including phenoxy) is 2. The van der Waals surface area contributed by atoms with Crippen LogP contribution in [-0.4, -0.2) is 27.5 Å². The maximum Gasteiger partial charge on any atom is 0.342 e. The highest BCUT2D eigenvalue weighted by molar-refractivity contribution is 6.30. The summed E-state index contributed by atoms with van der Waals surface area (Å²) in [5.41, 5.74) is 2.38. The van der Waals surface area contributed by atoms with Crippen molar-refractivity contribution >= 4 is 23.3 Å². The number of aromatic nitrogens is 2. The monoisotopic (exact) mass is 503 g/mol. The van der Waals surface area contributed by atoms with E-state index in [4.69, 9.17) is 21.1 Å². The SMILES string of the molecule is CCOC(=O)c1c(C)nc(-c2ccccc2)nc1-c1cc([N+](=O)[O-])ccc1OCc1ccc(Cl)cc1. The number of carbonyl (C=O) groups excluding carboxylic acids is 1. The first-order valence-electron chi connectivity index (χ1n) is 11.1. The Hall–Kier alpha value is -4.30. The van der Waals surface area contributed by atoms with E-state index < -0.39 is 10.9 Å². The summed E-state index contributed by atoms with van der Waals surface area (Å²) in [5.74, 6) is 0.0595. The number of carbonyl (C=O) groups is 1. The van der Waals surface area contributed by atoms with E-state index in [1.807, 2.05) is 42.5 Å². The molecule has 0 aliphatic heterocycles. The average molecular weight is 504 g/mol. The van der Waals surface area contributed by atoms with Gasteiger partial charge in [-0.3, -0.25) is 10.1 Å². The molecular formula is C27H22ClN3O5. The average Bonchev–Trinajstić information content (AvgIpc) is 2.88. The molecule has 9 heteroatoms. The third-order valence-electron chi connectivity index (χ3n) is 5.34. The fourth-order valence-electron chi connectivity index (χ4n) is 3.62. The molecule has 0 spiro atoms. The third kappa shape index (κ3) is 5.50. The van der Waals surface area contributed by atoms with Crippen molar-refractivity contribution in [1.29, 1.82) is 0 Å². The minimum Gasteiger partial charge on any atom is -0.488 e. The number of nitro groups is 1. The fourth-order valence-corrected chi connectivity index (χ4v) is 3.74. The topological polar surface area (TPSA) is 104 Å². The molecule has 4 aromatic rings. The number of esters is 1. The highest BCUT2D eigenvalue weighted by atomic mass is 35.5. The van der Waals surface area contributed by atoms with Crippen LogP contribution in [0.1, 0.15) is 28.5 Å². The second kappa shape index (κ2) is 11.0. The molecule has 0 atom stereocenters. The van der Waals surface area contributed by atoms with Crippen LogP contribution >= 0.6 is 11.6 Å². The molecule has 4 rings (SSSR count). The van der Waals surface area contributed by atoms with Crippen molar-refractivity contribution in [2.75, 3.05) is 6.61 Å². The van der Waals surface area contributed by atoms with Crippen LogP contribution in [0.25, 0.3) is 22.6 Å². The van der Waals surface area contributed by atoms with Crippen LogP contribution in [0.5, 0.6) is 5.75 Å². The summed E-state index contributed by atoms with van der Waals surface area (Å²) in [4.78, 5) is 33.3. The lowest BCUT2D eigenvalue weighted by molar-refractivity contribution is -0.384. The molecule has 0 radical (unpaired) electrons. The van der Waals surface area contributed by atoms with Crippen LogP contribution in [0.2, 0.25) is 5.02 Å². The predicted octanol–water partition coefficient (Wildman–Crippen LogP) is 6.44. The molecule has 1 heterocycles. The second-order valence-electron chi connectivity index (χ2n) is 7.80. The zero-order valence-electron chi connectivity index (χ0n) is 19.6. The fraction of sp³-hybridized carbons (Fsp3) is 0.148. The standard InChI is InChI=1S/C27H22ClN3O5/c1-3-35-27(32)24-17(2)29-26(19-7-5-4-6-8-19)30-25(24)22-15-21(31(33)34)13-14-23(22)36-16-18-9-11-20(28)12-10-18/h4-15H,3,16H2,1-2H3. The molecule has 182 valence electrons. The Bertz CT molecular complexity index is 1410. The van der Waals surface area contributed by atoms with Gasteiger partial charge < -0.3 is 9.47 Å². The number of halogens is 1. The number of rotatable bonds is 8. The van der Waals surface area contributed by atoms with E-state index in [9.17, 15) is 14.9 Å². The van der Waals surface area contributed by atoms with E-state index in [0.29, 0.717) is 22.3 Å². The lowest BCUT2D eigenvalue weighted by Crippen LogP contribution is -2.13. The molecule has 0 aliphatic rings. The van der Waals surface area contributed by atoms with Gasteiger partial charge in [-0.05, 0) is 37.6 Å². The van der Waals surface area contributed by atoms with Crippen LogP contribution in [0, 0.1) is 17.0 Å². The van der Waals surface area contributed by atoms with Gasteiger partial charge >= 0.3 is 5.97 Å². The first kappa shape index (κ1) is 24.8. The van der Waals surface area contributed by atoms with E-state index >= 15 is 0 Å². The lowest BCUT2D eigenvalue weighted by atomic mass is 10.0. The van der Waals surface area contributed by atoms with Gasteiger partial charge in [-0.2, -0.15) is 0 Å². The van der Waals surface area contributed by atoms with Gasteiger partial charge in [-0.25, -0.2) is 14.8 Å². The van der Waals surface area contributed by atoms with Crippen LogP contribution < -0.4 is 4.74 Å². The summed E-state index contributed by atoms with van der Waals surface area (Å²) in [5, 5.41) is 12.2. The zero-order valence-corrected chi connectivity index (χ0v) is 20.4. The summed E-state index contributed by atoms with van der Waals surface area (Å²) in [6, 6.07) is 20.6. The summed E-state index contributed by atoms with van der Waals surface area (Å²) in [6.45, 7) is 3.69. The van der Waals surface area contributed by atoms with Crippen LogP contribution in [0.15, 0.2) is 72.8 Å². The number of non-ortho nitro benzene ring substituents is 1. The Kier molecular flexibility index (Phi) is 7.56. The number of hydrogen-bond acceptors (Lipinski definition) is 7. The molecule has 0 N–H and O–H groups in total. The van der Waals surface area contributed by atoms with E-state index in [0.717, 1.165) is 11.1 Å². The van der Waals surface area contributed by atoms with Crippen molar-refractivity contribution < 1.29 is 19.2 Å². The van der Waals surface area contributed by atoms with E-state index in [1.165, 1.54) is 18.2 Å². The predicted molar refractivity (Wildman–Crippen MR) is 136 cm³/mol. The highest BCUT2D eigenvalue weighted by Gasteiger charge is 2.25. The Morgan fingerprint density at radius 1 is 1.03 bits per heavy atom. The summed E-state index contributed by atoms with van der Waals surface area (Å²) < 4.78 is 11.3. The number of hydrogen-bond donors (Lipinski definition) is 0. The van der Waals surface area contributed by atoms with Gasteiger partial charge in [0, 0.05) is 22.7 Å². The molecule has 36 heavy (non-hydrogen) atoms. The molecule has 8 nitrogen and oxygen atoms in total. The van der Waals surface area contributed by atoms with Crippen molar-refractivity contribution in [3.8, 4) is 28.4 Å². The van der Waals surface area contributed by atoms with Crippen LogP contribution in [-0.2, 0) is 11.3 Å². The first-order chi connectivity index (χ1) is 17.4. The Morgan fingerprint density at radius 3 is 2.42 bits per heavy atom. The smallest absolute Gasteiger partial charge is 0.342 e. The molecule has 1 aromatic heterocycles. The van der Waals surface area contributed by atoms with Gasteiger partial charge in [0.05, 0.1) is 28.5 Å². The summed E-state index contributed by atoms with van der Waals surface area (Å²) >= 11 is 5.97. The Morgan fingerprint density at radius 2 is 1.75 bits per heavy atom. The summed E-state index contributed by atoms with van der Waals surface area (Å²) in [6.07, 6.45) is 0. The molecule has 3 aromatic carbocycles. The van der Waals surface area contributed by atoms with Crippen molar-refractivity contribution in [2.24, 2.45) is 0 Å². The number of nitro benzene ring substituents is 1. The van der Waals surface area contributed by atoms with Crippen LogP contribution in [0.4, 0.5) is 5.69 Å². The lowest BCUT2D eigenvalue weighted by Gasteiger charge is -2.16. The maximum atomic E-state index is 13.0. The Balaban J connectivity index is 1.89. The van der Waals surface area contributed by atoms with Crippen molar-refractivity contribution in [3.63, 3.8) is 0 Å². The largest absolute Gasteiger partial charge is 0.488 e. The van der Waals surface area contributed by atoms with Crippen LogP contribution in [0.3, 0.4) is 0 Å². The molecule has 0 bridgehead atoms. The van der Waals surface area contributed by atoms with Gasteiger partial charge in [-0.1, -0.05) is 54.1 Å². The Labute approximate surface area is 212 Å². The van der Waals surface area contributed by atoms with Crippen molar-refractivity contribution in [2.45, 2.75) is 20.5 Å².